The van der Waals surface area contributed by atoms with Gasteiger partial charge in [-0.3, -0.25) is 25.7 Å². The zero-order valence-electron chi connectivity index (χ0n) is 16.4. The van der Waals surface area contributed by atoms with Gasteiger partial charge in [0.05, 0.1) is 28.9 Å². The molecule has 0 aliphatic heterocycles. The van der Waals surface area contributed by atoms with Crippen molar-refractivity contribution >= 4 is 23.4 Å². The average Bonchev–Trinajstić information content (AvgIpc) is 3.01. The molecule has 3 rings (SSSR count). The zero-order chi connectivity index (χ0) is 21.8. The second-order valence-electron chi connectivity index (χ2n) is 6.30. The molecule has 0 fully saturated rings. The van der Waals surface area contributed by atoms with Gasteiger partial charge in [0.2, 0.25) is 0 Å². The van der Waals surface area contributed by atoms with Crippen molar-refractivity contribution in [2.24, 2.45) is 5.10 Å². The van der Waals surface area contributed by atoms with E-state index in [2.05, 4.69) is 15.5 Å². The maximum absolute atomic E-state index is 11.2. The number of nitro groups is 2. The molecule has 11 heteroatoms. The Labute approximate surface area is 170 Å². The maximum Gasteiger partial charge on any atom is 0.287 e. The average molecular weight is 410 g/mol. The number of aromatic nitrogens is 2. The topological polar surface area (TPSA) is 138 Å². The van der Waals surface area contributed by atoms with Gasteiger partial charge in [0.25, 0.3) is 11.4 Å². The highest BCUT2D eigenvalue weighted by Gasteiger charge is 2.17. The Hall–Kier alpha value is -4.28. The van der Waals surface area contributed by atoms with Crippen LogP contribution in [0.15, 0.2) is 47.7 Å². The van der Waals surface area contributed by atoms with Crippen molar-refractivity contribution in [1.82, 2.24) is 9.55 Å². The summed E-state index contributed by atoms with van der Waals surface area (Å²) in [5, 5.41) is 26.0. The number of nitrogens with one attached hydrogen (secondary N) is 1. The van der Waals surface area contributed by atoms with E-state index >= 15 is 0 Å². The van der Waals surface area contributed by atoms with Crippen LogP contribution in [0.4, 0.5) is 17.2 Å². The minimum absolute atomic E-state index is 0.0422. The molecule has 3 aromatic rings. The molecule has 2 aromatic heterocycles. The lowest BCUT2D eigenvalue weighted by Crippen LogP contribution is -2.03. The summed E-state index contributed by atoms with van der Waals surface area (Å²) in [6, 6.07) is 9.06. The predicted molar refractivity (Wildman–Crippen MR) is 111 cm³/mol. The van der Waals surface area contributed by atoms with Crippen LogP contribution in [0, 0.1) is 34.1 Å². The lowest BCUT2D eigenvalue weighted by Gasteiger charge is -2.13. The number of nitrogens with zero attached hydrogens (tertiary/aromatic N) is 5. The number of pyridine rings is 1. The number of benzene rings is 1. The second kappa shape index (κ2) is 8.39. The molecule has 11 nitrogen and oxygen atoms in total. The molecule has 30 heavy (non-hydrogen) atoms. The molecule has 0 unspecified atom stereocenters. The highest BCUT2D eigenvalue weighted by molar-refractivity contribution is 5.83. The molecular weight excluding hydrogens is 392 g/mol. The summed E-state index contributed by atoms with van der Waals surface area (Å²) in [6.45, 7) is 3.73. The highest BCUT2D eigenvalue weighted by atomic mass is 16.6. The molecule has 0 atom stereocenters. The number of hydrogen-bond donors (Lipinski definition) is 1. The van der Waals surface area contributed by atoms with Gasteiger partial charge in [0.1, 0.15) is 17.8 Å². The number of hydrazone groups is 1. The van der Waals surface area contributed by atoms with Crippen LogP contribution in [-0.2, 0) is 0 Å². The molecule has 0 aliphatic rings. The van der Waals surface area contributed by atoms with Crippen LogP contribution in [0.2, 0.25) is 0 Å². The molecule has 2 heterocycles. The van der Waals surface area contributed by atoms with E-state index in [1.807, 2.05) is 24.5 Å². The van der Waals surface area contributed by atoms with Crippen LogP contribution >= 0.6 is 0 Å². The van der Waals surface area contributed by atoms with E-state index in [9.17, 15) is 20.2 Å². The number of ether oxygens (including phenoxy) is 1. The number of hydrogen-bond acceptors (Lipinski definition) is 8. The first-order valence-corrected chi connectivity index (χ1v) is 8.73. The molecule has 154 valence electrons. The molecular formula is C19H18N6O5. The quantitative estimate of drug-likeness (QED) is 0.355. The Bertz CT molecular complexity index is 1140. The number of non-ortho nitro benzene ring substituents is 1. The summed E-state index contributed by atoms with van der Waals surface area (Å²) < 4.78 is 7.22. The Morgan fingerprint density at radius 2 is 1.80 bits per heavy atom. The molecule has 0 saturated carbocycles. The van der Waals surface area contributed by atoms with Gasteiger partial charge in [-0.1, -0.05) is 0 Å². The number of aryl methyl sites for hydroxylation is 1. The summed E-state index contributed by atoms with van der Waals surface area (Å²) in [5.74, 6) is 0.852. The Kier molecular flexibility index (Phi) is 5.72. The third-order valence-electron chi connectivity index (χ3n) is 4.43. The van der Waals surface area contributed by atoms with Gasteiger partial charge < -0.3 is 9.30 Å². The minimum Gasteiger partial charge on any atom is -0.495 e. The van der Waals surface area contributed by atoms with Crippen LogP contribution in [0.5, 0.6) is 5.75 Å². The van der Waals surface area contributed by atoms with Crippen LogP contribution in [0.3, 0.4) is 0 Å². The Morgan fingerprint density at radius 1 is 1.10 bits per heavy atom. The van der Waals surface area contributed by atoms with Crippen molar-refractivity contribution in [2.75, 3.05) is 12.5 Å². The summed E-state index contributed by atoms with van der Waals surface area (Å²) in [6.07, 6.45) is 2.71. The SMILES string of the molecule is COc1ccc([N+](=O)[O-])cc1-n1c(C)cc(C=NNc2ccc([N+](=O)[O-])cn2)c1C. The normalized spacial score (nSPS) is 10.9. The van der Waals surface area contributed by atoms with Crippen LogP contribution < -0.4 is 10.2 Å². The van der Waals surface area contributed by atoms with Crippen molar-refractivity contribution in [1.29, 1.82) is 0 Å². The summed E-state index contributed by atoms with van der Waals surface area (Å²) in [5.41, 5.74) is 5.51. The lowest BCUT2D eigenvalue weighted by molar-refractivity contribution is -0.385. The predicted octanol–water partition coefficient (Wildman–Crippen LogP) is 3.76. The fourth-order valence-electron chi connectivity index (χ4n) is 2.98. The third-order valence-corrected chi connectivity index (χ3v) is 4.43. The first-order valence-electron chi connectivity index (χ1n) is 8.73. The molecule has 0 bridgehead atoms. The molecule has 0 aliphatic carbocycles. The van der Waals surface area contributed by atoms with Crippen molar-refractivity contribution < 1.29 is 14.6 Å². The maximum atomic E-state index is 11.2. The van der Waals surface area contributed by atoms with Gasteiger partial charge >= 0.3 is 0 Å². The van der Waals surface area contributed by atoms with Crippen molar-refractivity contribution in [3.8, 4) is 11.4 Å². The van der Waals surface area contributed by atoms with Gasteiger partial charge in [0.15, 0.2) is 0 Å². The zero-order valence-corrected chi connectivity index (χ0v) is 16.4. The van der Waals surface area contributed by atoms with E-state index < -0.39 is 9.85 Å². The number of methoxy groups -OCH3 is 1. The van der Waals surface area contributed by atoms with Gasteiger partial charge in [0, 0.05) is 35.2 Å². The highest BCUT2D eigenvalue weighted by Crippen LogP contribution is 2.31. The van der Waals surface area contributed by atoms with Crippen molar-refractivity contribution in [3.05, 3.63) is 79.8 Å². The minimum atomic E-state index is -0.531. The van der Waals surface area contributed by atoms with Gasteiger partial charge in [-0.05, 0) is 32.0 Å². The monoisotopic (exact) mass is 410 g/mol. The molecule has 1 aromatic carbocycles. The third kappa shape index (κ3) is 4.09. The molecule has 0 radical (unpaired) electrons. The first-order chi connectivity index (χ1) is 14.3. The lowest BCUT2D eigenvalue weighted by atomic mass is 10.2. The summed E-state index contributed by atoms with van der Waals surface area (Å²) >= 11 is 0. The van der Waals surface area contributed by atoms with E-state index in [0.717, 1.165) is 23.1 Å². The molecule has 1 N–H and O–H groups in total. The molecule has 0 saturated heterocycles. The second-order valence-corrected chi connectivity index (χ2v) is 6.30. The Balaban J connectivity index is 1.89. The summed E-state index contributed by atoms with van der Waals surface area (Å²) in [7, 11) is 1.50. The fraction of sp³-hybridized carbons (Fsp3) is 0.158. The first kappa shape index (κ1) is 20.5. The van der Waals surface area contributed by atoms with Gasteiger partial charge in [-0.2, -0.15) is 5.10 Å². The van der Waals surface area contributed by atoms with E-state index in [-0.39, 0.29) is 11.4 Å². The Morgan fingerprint density at radius 3 is 2.40 bits per heavy atom. The number of anilines is 1. The van der Waals surface area contributed by atoms with Crippen LogP contribution in [0.25, 0.3) is 5.69 Å². The fourth-order valence-corrected chi connectivity index (χ4v) is 2.98. The van der Waals surface area contributed by atoms with Crippen molar-refractivity contribution in [3.63, 3.8) is 0 Å². The summed E-state index contributed by atoms with van der Waals surface area (Å²) in [4.78, 5) is 24.8. The van der Waals surface area contributed by atoms with E-state index in [0.29, 0.717) is 17.3 Å². The standard InChI is InChI=1S/C19H18N6O5/c1-12-8-14(10-21-22-19-7-5-16(11-20-19)25(28)29)13(2)23(12)17-9-15(24(26)27)4-6-18(17)30-3/h4-11H,1-3H3,(H,20,22). The van der Waals surface area contributed by atoms with E-state index in [1.165, 1.54) is 31.4 Å². The van der Waals surface area contributed by atoms with E-state index in [4.69, 9.17) is 4.74 Å². The molecule has 0 amide bonds. The van der Waals surface area contributed by atoms with Crippen LogP contribution in [-0.4, -0.2) is 32.7 Å². The van der Waals surface area contributed by atoms with Crippen molar-refractivity contribution in [2.45, 2.75) is 13.8 Å². The molecule has 0 spiro atoms. The smallest absolute Gasteiger partial charge is 0.287 e. The van der Waals surface area contributed by atoms with E-state index in [1.54, 1.807) is 12.3 Å². The number of rotatable bonds is 7. The van der Waals surface area contributed by atoms with Gasteiger partial charge in [-0.25, -0.2) is 4.98 Å². The number of nitro benzene ring substituents is 1. The largest absolute Gasteiger partial charge is 0.495 e. The van der Waals surface area contributed by atoms with Gasteiger partial charge in [-0.15, -0.1) is 0 Å². The van der Waals surface area contributed by atoms with Crippen LogP contribution in [0.1, 0.15) is 17.0 Å².